The average molecular weight is 196 g/mol. The number of H-pyrrole nitrogens is 1. The number of nitrogens with two attached hydrogens (primary N) is 1. The third-order valence-corrected chi connectivity index (χ3v) is 1.90. The maximum Gasteiger partial charge on any atom is 0.290 e. The van der Waals surface area contributed by atoms with Gasteiger partial charge in [0.1, 0.15) is 0 Å². The molecule has 1 aromatic heterocycles. The lowest BCUT2D eigenvalue weighted by molar-refractivity contribution is 0.625. The Labute approximate surface area is 82.7 Å². The third-order valence-electron chi connectivity index (χ3n) is 1.90. The molecule has 0 amide bonds. The minimum Gasteiger partial charge on any atom is -0.364 e. The lowest BCUT2D eigenvalue weighted by atomic mass is 10.2. The van der Waals surface area contributed by atoms with Crippen LogP contribution in [-0.2, 0) is 0 Å². The smallest absolute Gasteiger partial charge is 0.290 e. The highest BCUT2D eigenvalue weighted by molar-refractivity contribution is 5.30. The summed E-state index contributed by atoms with van der Waals surface area (Å²) in [6.45, 7) is 2.65. The van der Waals surface area contributed by atoms with Crippen LogP contribution in [0.15, 0.2) is 17.2 Å². The predicted molar refractivity (Wildman–Crippen MR) is 56.2 cm³/mol. The van der Waals surface area contributed by atoms with E-state index in [4.69, 9.17) is 5.73 Å². The van der Waals surface area contributed by atoms with Crippen LogP contribution in [0.3, 0.4) is 0 Å². The Hall–Kier alpha value is -1.36. The van der Waals surface area contributed by atoms with Crippen LogP contribution in [-0.4, -0.2) is 22.6 Å². The molecule has 0 aliphatic carbocycles. The quantitative estimate of drug-likeness (QED) is 0.632. The molecule has 0 fully saturated rings. The lowest BCUT2D eigenvalue weighted by Crippen LogP contribution is -2.30. The summed E-state index contributed by atoms with van der Waals surface area (Å²) in [5, 5.41) is 2.92. The van der Waals surface area contributed by atoms with Crippen molar-refractivity contribution >= 4 is 5.82 Å². The second kappa shape index (κ2) is 5.39. The van der Waals surface area contributed by atoms with Crippen LogP contribution in [0.1, 0.15) is 19.8 Å². The summed E-state index contributed by atoms with van der Waals surface area (Å²) >= 11 is 0. The standard InChI is InChI=1S/C9H16N4O/c1-2-3-7(10)6-13-8-9(14)12-5-4-11-8/h4-5,7H,2-3,6,10H2,1H3,(H,11,13)(H,12,14). The second-order valence-corrected chi connectivity index (χ2v) is 3.20. The molecule has 0 spiro atoms. The van der Waals surface area contributed by atoms with E-state index < -0.39 is 0 Å². The normalized spacial score (nSPS) is 12.4. The van der Waals surface area contributed by atoms with E-state index in [1.54, 1.807) is 0 Å². The first-order valence-corrected chi connectivity index (χ1v) is 4.77. The number of aromatic nitrogens is 2. The van der Waals surface area contributed by atoms with Gasteiger partial charge in [0.15, 0.2) is 5.82 Å². The van der Waals surface area contributed by atoms with Gasteiger partial charge in [0, 0.05) is 25.0 Å². The van der Waals surface area contributed by atoms with Crippen molar-refractivity contribution in [1.82, 2.24) is 9.97 Å². The summed E-state index contributed by atoms with van der Waals surface area (Å²) in [4.78, 5) is 17.6. The highest BCUT2D eigenvalue weighted by atomic mass is 16.1. The average Bonchev–Trinajstić information content (AvgIpc) is 2.17. The molecular weight excluding hydrogens is 180 g/mol. The van der Waals surface area contributed by atoms with Crippen LogP contribution in [0.4, 0.5) is 5.82 Å². The second-order valence-electron chi connectivity index (χ2n) is 3.20. The van der Waals surface area contributed by atoms with Gasteiger partial charge in [0.25, 0.3) is 5.56 Å². The summed E-state index contributed by atoms with van der Waals surface area (Å²) in [6, 6.07) is 0.0707. The molecule has 5 nitrogen and oxygen atoms in total. The highest BCUT2D eigenvalue weighted by Gasteiger charge is 2.03. The minimum atomic E-state index is -0.212. The van der Waals surface area contributed by atoms with Crippen LogP contribution in [0.25, 0.3) is 0 Å². The van der Waals surface area contributed by atoms with Gasteiger partial charge < -0.3 is 16.0 Å². The number of hydrogen-bond donors (Lipinski definition) is 3. The van der Waals surface area contributed by atoms with Gasteiger partial charge in [-0.1, -0.05) is 13.3 Å². The Balaban J connectivity index is 2.46. The van der Waals surface area contributed by atoms with Crippen molar-refractivity contribution in [2.75, 3.05) is 11.9 Å². The molecule has 14 heavy (non-hydrogen) atoms. The van der Waals surface area contributed by atoms with E-state index in [-0.39, 0.29) is 11.6 Å². The maximum absolute atomic E-state index is 11.2. The van der Waals surface area contributed by atoms with Gasteiger partial charge in [-0.25, -0.2) is 4.98 Å². The zero-order chi connectivity index (χ0) is 10.4. The molecule has 1 unspecified atom stereocenters. The third kappa shape index (κ3) is 3.18. The van der Waals surface area contributed by atoms with Gasteiger partial charge in [-0.2, -0.15) is 0 Å². The van der Waals surface area contributed by atoms with E-state index in [0.717, 1.165) is 12.8 Å². The minimum absolute atomic E-state index is 0.0707. The number of nitrogens with one attached hydrogen (secondary N) is 2. The summed E-state index contributed by atoms with van der Waals surface area (Å²) < 4.78 is 0. The molecule has 0 saturated carbocycles. The largest absolute Gasteiger partial charge is 0.364 e. The van der Waals surface area contributed by atoms with Gasteiger partial charge in [0.05, 0.1) is 0 Å². The number of aromatic amines is 1. The first kappa shape index (κ1) is 10.7. The number of rotatable bonds is 5. The van der Waals surface area contributed by atoms with Crippen LogP contribution in [0.2, 0.25) is 0 Å². The molecule has 78 valence electrons. The van der Waals surface area contributed by atoms with Crippen molar-refractivity contribution in [3.05, 3.63) is 22.7 Å². The fraction of sp³-hybridized carbons (Fsp3) is 0.556. The summed E-state index contributed by atoms with van der Waals surface area (Å²) in [5.74, 6) is 0.332. The Morgan fingerprint density at radius 1 is 1.71 bits per heavy atom. The van der Waals surface area contributed by atoms with Crippen molar-refractivity contribution in [3.63, 3.8) is 0 Å². The molecule has 1 aromatic rings. The van der Waals surface area contributed by atoms with Gasteiger partial charge in [-0.15, -0.1) is 0 Å². The molecule has 1 heterocycles. The molecule has 1 atom stereocenters. The molecular formula is C9H16N4O. The Morgan fingerprint density at radius 3 is 3.14 bits per heavy atom. The molecule has 0 bridgehead atoms. The molecule has 5 heteroatoms. The molecule has 1 rings (SSSR count). The van der Waals surface area contributed by atoms with Crippen molar-refractivity contribution in [2.24, 2.45) is 5.73 Å². The topological polar surface area (TPSA) is 83.8 Å². The van der Waals surface area contributed by atoms with E-state index in [1.807, 2.05) is 0 Å². The lowest BCUT2D eigenvalue weighted by Gasteiger charge is -2.10. The van der Waals surface area contributed by atoms with Crippen LogP contribution < -0.4 is 16.6 Å². The van der Waals surface area contributed by atoms with Crippen LogP contribution in [0.5, 0.6) is 0 Å². The fourth-order valence-corrected chi connectivity index (χ4v) is 1.18. The van der Waals surface area contributed by atoms with E-state index in [1.165, 1.54) is 12.4 Å². The molecule has 0 aromatic carbocycles. The Kier molecular flexibility index (Phi) is 4.12. The SMILES string of the molecule is CCCC(N)CNc1ncc[nH]c1=O. The van der Waals surface area contributed by atoms with E-state index in [2.05, 4.69) is 22.2 Å². The van der Waals surface area contributed by atoms with Crippen molar-refractivity contribution in [1.29, 1.82) is 0 Å². The van der Waals surface area contributed by atoms with E-state index in [0.29, 0.717) is 12.4 Å². The maximum atomic E-state index is 11.2. The van der Waals surface area contributed by atoms with Crippen molar-refractivity contribution in [3.8, 4) is 0 Å². The van der Waals surface area contributed by atoms with Crippen molar-refractivity contribution in [2.45, 2.75) is 25.8 Å². The van der Waals surface area contributed by atoms with Gasteiger partial charge in [-0.3, -0.25) is 4.79 Å². The summed E-state index contributed by atoms with van der Waals surface area (Å²) in [5.41, 5.74) is 5.57. The molecule has 0 saturated heterocycles. The molecule has 0 aliphatic rings. The monoisotopic (exact) mass is 196 g/mol. The van der Waals surface area contributed by atoms with Gasteiger partial charge in [0.2, 0.25) is 0 Å². The van der Waals surface area contributed by atoms with Gasteiger partial charge in [-0.05, 0) is 6.42 Å². The number of nitrogens with zero attached hydrogens (tertiary/aromatic N) is 1. The predicted octanol–water partition coefficient (Wildman–Crippen LogP) is 0.309. The molecule has 0 aliphatic heterocycles. The van der Waals surface area contributed by atoms with E-state index in [9.17, 15) is 4.79 Å². The Bertz CT molecular complexity index is 323. The zero-order valence-electron chi connectivity index (χ0n) is 8.29. The van der Waals surface area contributed by atoms with Gasteiger partial charge >= 0.3 is 0 Å². The number of anilines is 1. The van der Waals surface area contributed by atoms with Crippen LogP contribution >= 0.6 is 0 Å². The zero-order valence-corrected chi connectivity index (χ0v) is 8.29. The van der Waals surface area contributed by atoms with Crippen LogP contribution in [0, 0.1) is 0 Å². The van der Waals surface area contributed by atoms with Crippen molar-refractivity contribution < 1.29 is 0 Å². The summed E-state index contributed by atoms with van der Waals surface area (Å²) in [7, 11) is 0. The number of hydrogen-bond acceptors (Lipinski definition) is 4. The molecule has 0 radical (unpaired) electrons. The first-order valence-electron chi connectivity index (χ1n) is 4.77. The fourth-order valence-electron chi connectivity index (χ4n) is 1.18. The molecule has 4 N–H and O–H groups in total. The first-order chi connectivity index (χ1) is 6.74. The Morgan fingerprint density at radius 2 is 2.50 bits per heavy atom. The summed E-state index contributed by atoms with van der Waals surface area (Å²) in [6.07, 6.45) is 5.02. The highest BCUT2D eigenvalue weighted by Crippen LogP contribution is 1.95. The van der Waals surface area contributed by atoms with E-state index >= 15 is 0 Å².